The molecular weight excluding hydrogens is 294 g/mol. The van der Waals surface area contributed by atoms with Crippen molar-refractivity contribution in [3.63, 3.8) is 0 Å². The molecule has 0 unspecified atom stereocenters. The molecule has 1 heterocycles. The fraction of sp³-hybridized carbons (Fsp3) is 0.381. The Morgan fingerprint density at radius 3 is 2.21 bits per heavy atom. The van der Waals surface area contributed by atoms with Crippen molar-refractivity contribution in [2.45, 2.75) is 51.6 Å². The zero-order valence-electron chi connectivity index (χ0n) is 14.7. The monoisotopic (exact) mass is 321 g/mol. The van der Waals surface area contributed by atoms with Gasteiger partial charge in [-0.05, 0) is 30.5 Å². The smallest absolute Gasteiger partial charge is 0.127 e. The maximum atomic E-state index is 4.93. The van der Waals surface area contributed by atoms with Crippen LogP contribution in [0.2, 0.25) is 0 Å². The lowest BCUT2D eigenvalue weighted by Gasteiger charge is -2.38. The van der Waals surface area contributed by atoms with E-state index in [1.165, 1.54) is 24.1 Å². The topological polar surface area (TPSA) is 36.4 Å². The molecule has 2 N–H and O–H groups in total. The Hall–Kier alpha value is -2.29. The summed E-state index contributed by atoms with van der Waals surface area (Å²) in [6.45, 7) is 4.73. The van der Waals surface area contributed by atoms with Crippen molar-refractivity contribution < 1.29 is 0 Å². The van der Waals surface area contributed by atoms with Gasteiger partial charge in [-0.1, -0.05) is 69.2 Å². The van der Waals surface area contributed by atoms with Crippen LogP contribution in [0.3, 0.4) is 0 Å². The van der Waals surface area contributed by atoms with Crippen LogP contribution in [-0.4, -0.2) is 11.4 Å². The van der Waals surface area contributed by atoms with E-state index < -0.39 is 0 Å². The molecule has 0 atom stereocenters. The van der Waals surface area contributed by atoms with E-state index in [1.54, 1.807) is 0 Å². The van der Waals surface area contributed by atoms with Crippen molar-refractivity contribution in [1.82, 2.24) is 0 Å². The highest BCUT2D eigenvalue weighted by molar-refractivity contribution is 6.09. The van der Waals surface area contributed by atoms with Gasteiger partial charge in [-0.2, -0.15) is 0 Å². The van der Waals surface area contributed by atoms with Crippen LogP contribution < -0.4 is 10.6 Å². The summed E-state index contributed by atoms with van der Waals surface area (Å²) in [5, 5.41) is 7.35. The zero-order chi connectivity index (χ0) is 16.8. The second kappa shape index (κ2) is 7.52. The molecule has 1 aliphatic carbocycles. The second-order valence-corrected chi connectivity index (χ2v) is 6.24. The first-order chi connectivity index (χ1) is 11.9. The number of nitrogens with zero attached hydrogens (tertiary/aromatic N) is 1. The van der Waals surface area contributed by atoms with Crippen molar-refractivity contribution in [2.75, 3.05) is 10.6 Å². The average Bonchev–Trinajstić information content (AvgIpc) is 3.11. The third-order valence-electron chi connectivity index (χ3n) is 4.73. The number of nitrogens with one attached hydrogen (secondary N) is 2. The molecule has 0 bridgehead atoms. The van der Waals surface area contributed by atoms with Gasteiger partial charge in [0.25, 0.3) is 0 Å². The molecule has 2 aromatic carbocycles. The van der Waals surface area contributed by atoms with E-state index in [9.17, 15) is 0 Å². The molecule has 1 saturated carbocycles. The lowest BCUT2D eigenvalue weighted by Crippen LogP contribution is -2.50. The van der Waals surface area contributed by atoms with Gasteiger partial charge in [-0.25, -0.2) is 0 Å². The summed E-state index contributed by atoms with van der Waals surface area (Å²) in [6, 6.07) is 18.9. The van der Waals surface area contributed by atoms with Gasteiger partial charge in [-0.15, -0.1) is 0 Å². The first-order valence-corrected chi connectivity index (χ1v) is 9.09. The second-order valence-electron chi connectivity index (χ2n) is 6.24. The van der Waals surface area contributed by atoms with Crippen molar-refractivity contribution in [2.24, 2.45) is 4.99 Å². The molecule has 0 radical (unpaired) electrons. The Bertz CT molecular complexity index is 685. The molecule has 4 rings (SSSR count). The van der Waals surface area contributed by atoms with Crippen molar-refractivity contribution in [3.8, 4) is 0 Å². The lowest BCUT2D eigenvalue weighted by atomic mass is 9.92. The van der Waals surface area contributed by atoms with Crippen LogP contribution in [0, 0.1) is 0 Å². The van der Waals surface area contributed by atoms with E-state index in [0.717, 1.165) is 30.9 Å². The standard InChI is InChI=1S/C19H21N3.C2H6/c1-2-8-15(9-3-1)14-20-18-19(12-6-7-13-19)22-17-11-5-4-10-16(17)21-18;1-2/h1-5,8-11,22H,6-7,12-14H2,(H,20,21);1-2H3. The highest BCUT2D eigenvalue weighted by atomic mass is 15.2. The number of anilines is 2. The fourth-order valence-corrected chi connectivity index (χ4v) is 3.55. The van der Waals surface area contributed by atoms with Gasteiger partial charge in [0, 0.05) is 0 Å². The minimum absolute atomic E-state index is 0.00311. The fourth-order valence-electron chi connectivity index (χ4n) is 3.55. The van der Waals surface area contributed by atoms with Gasteiger partial charge < -0.3 is 10.6 Å². The Morgan fingerprint density at radius 1 is 0.875 bits per heavy atom. The van der Waals surface area contributed by atoms with Crippen LogP contribution >= 0.6 is 0 Å². The average molecular weight is 321 g/mol. The molecule has 1 fully saturated rings. The zero-order valence-corrected chi connectivity index (χ0v) is 14.7. The summed E-state index contributed by atoms with van der Waals surface area (Å²) in [6.07, 6.45) is 4.84. The van der Waals surface area contributed by atoms with Crippen molar-refractivity contribution >= 4 is 17.2 Å². The summed E-state index contributed by atoms with van der Waals surface area (Å²) >= 11 is 0. The quantitative estimate of drug-likeness (QED) is 0.770. The van der Waals surface area contributed by atoms with E-state index in [-0.39, 0.29) is 5.54 Å². The van der Waals surface area contributed by atoms with E-state index in [0.29, 0.717) is 0 Å². The first-order valence-electron chi connectivity index (χ1n) is 9.09. The molecule has 1 spiro atoms. The summed E-state index contributed by atoms with van der Waals surface area (Å²) in [7, 11) is 0. The lowest BCUT2D eigenvalue weighted by molar-refractivity contribution is 0.628. The van der Waals surface area contributed by atoms with Crippen LogP contribution in [-0.2, 0) is 6.54 Å². The first kappa shape index (κ1) is 16.6. The van der Waals surface area contributed by atoms with Crippen LogP contribution in [0.4, 0.5) is 11.4 Å². The van der Waals surface area contributed by atoms with Crippen LogP contribution in [0.1, 0.15) is 45.1 Å². The third-order valence-corrected chi connectivity index (χ3v) is 4.73. The number of aliphatic imine (C=N–C) groups is 1. The Labute approximate surface area is 145 Å². The summed E-state index contributed by atoms with van der Waals surface area (Å²) < 4.78 is 0. The molecule has 3 nitrogen and oxygen atoms in total. The van der Waals surface area contributed by atoms with Crippen molar-refractivity contribution in [3.05, 3.63) is 60.2 Å². The predicted molar refractivity (Wildman–Crippen MR) is 104 cm³/mol. The largest absolute Gasteiger partial charge is 0.371 e. The van der Waals surface area contributed by atoms with E-state index >= 15 is 0 Å². The summed E-state index contributed by atoms with van der Waals surface area (Å²) in [5.41, 5.74) is 3.59. The maximum Gasteiger partial charge on any atom is 0.127 e. The number of amidine groups is 1. The number of fused-ring (bicyclic) bond motifs is 1. The highest BCUT2D eigenvalue weighted by Crippen LogP contribution is 2.40. The van der Waals surface area contributed by atoms with Crippen LogP contribution in [0.25, 0.3) is 0 Å². The third kappa shape index (κ3) is 3.30. The Kier molecular flexibility index (Phi) is 5.19. The van der Waals surface area contributed by atoms with E-state index in [1.807, 2.05) is 19.9 Å². The van der Waals surface area contributed by atoms with E-state index in [4.69, 9.17) is 4.99 Å². The van der Waals surface area contributed by atoms with Crippen LogP contribution in [0.15, 0.2) is 59.6 Å². The molecule has 0 saturated heterocycles. The molecule has 24 heavy (non-hydrogen) atoms. The minimum atomic E-state index is 0.00311. The minimum Gasteiger partial charge on any atom is -0.371 e. The number of para-hydroxylation sites is 2. The van der Waals surface area contributed by atoms with Gasteiger partial charge >= 0.3 is 0 Å². The van der Waals surface area contributed by atoms with Gasteiger partial charge in [0.1, 0.15) is 5.84 Å². The summed E-state index contributed by atoms with van der Waals surface area (Å²) in [4.78, 5) is 4.93. The Morgan fingerprint density at radius 2 is 1.50 bits per heavy atom. The summed E-state index contributed by atoms with van der Waals surface area (Å²) in [5.74, 6) is 1.10. The molecule has 2 aliphatic rings. The number of hydrogen-bond acceptors (Lipinski definition) is 2. The molecule has 3 heteroatoms. The molecule has 1 aliphatic heterocycles. The van der Waals surface area contributed by atoms with Gasteiger partial charge in [0.05, 0.1) is 23.5 Å². The SMILES string of the molecule is CC.c1ccc(CN=C2Nc3ccccc3NC23CCCC3)cc1. The van der Waals surface area contributed by atoms with Crippen LogP contribution in [0.5, 0.6) is 0 Å². The number of benzene rings is 2. The maximum absolute atomic E-state index is 4.93. The molecule has 126 valence electrons. The predicted octanol–water partition coefficient (Wildman–Crippen LogP) is 5.46. The Balaban J connectivity index is 0.000000815. The van der Waals surface area contributed by atoms with Gasteiger partial charge in [-0.3, -0.25) is 4.99 Å². The normalized spacial score (nSPS) is 19.0. The number of rotatable bonds is 2. The molecule has 2 aromatic rings. The van der Waals surface area contributed by atoms with Gasteiger partial charge in [0.15, 0.2) is 0 Å². The molecule has 0 aromatic heterocycles. The van der Waals surface area contributed by atoms with E-state index in [2.05, 4.69) is 59.2 Å². The van der Waals surface area contributed by atoms with Crippen molar-refractivity contribution in [1.29, 1.82) is 0 Å². The van der Waals surface area contributed by atoms with Gasteiger partial charge in [0.2, 0.25) is 0 Å². The molecular formula is C21H27N3. The number of hydrogen-bond donors (Lipinski definition) is 2. The highest BCUT2D eigenvalue weighted by Gasteiger charge is 2.42. The molecule has 0 amide bonds.